The van der Waals surface area contributed by atoms with Crippen molar-refractivity contribution in [2.75, 3.05) is 5.32 Å². The van der Waals surface area contributed by atoms with Gasteiger partial charge in [0.1, 0.15) is 0 Å². The van der Waals surface area contributed by atoms with E-state index in [4.69, 9.17) is 4.42 Å². The molecule has 4 aromatic rings. The zero-order valence-electron chi connectivity index (χ0n) is 17.1. The van der Waals surface area contributed by atoms with Gasteiger partial charge in [-0.1, -0.05) is 36.4 Å². The molecule has 32 heavy (non-hydrogen) atoms. The van der Waals surface area contributed by atoms with E-state index in [-0.39, 0.29) is 24.0 Å². The summed E-state index contributed by atoms with van der Waals surface area (Å²) in [5.74, 6) is -0.187. The molecule has 2 amide bonds. The van der Waals surface area contributed by atoms with E-state index in [9.17, 15) is 9.59 Å². The Bertz CT molecular complexity index is 1200. The maximum Gasteiger partial charge on any atom is 0.291 e. The number of amides is 2. The van der Waals surface area contributed by atoms with Gasteiger partial charge >= 0.3 is 0 Å². The lowest BCUT2D eigenvalue weighted by atomic mass is 10.1. The molecule has 162 valence electrons. The van der Waals surface area contributed by atoms with Crippen molar-refractivity contribution in [3.8, 4) is 0 Å². The highest BCUT2D eigenvalue weighted by Crippen LogP contribution is 2.17. The fraction of sp³-hybridized carbons (Fsp3) is 0.125. The second kappa shape index (κ2) is 10.1. The predicted molar refractivity (Wildman–Crippen MR) is 124 cm³/mol. The first-order valence-electron chi connectivity index (χ1n) is 10.0. The van der Waals surface area contributed by atoms with Gasteiger partial charge in [-0.2, -0.15) is 0 Å². The Hall–Kier alpha value is -3.65. The molecule has 0 atom stereocenters. The number of anilines is 1. The first kappa shape index (κ1) is 21.6. The average Bonchev–Trinajstić information content (AvgIpc) is 3.46. The van der Waals surface area contributed by atoms with E-state index in [1.807, 2.05) is 35.0 Å². The quantitative estimate of drug-likeness (QED) is 0.381. The van der Waals surface area contributed by atoms with Crippen molar-refractivity contribution in [1.82, 2.24) is 14.9 Å². The molecule has 0 aliphatic rings. The molecule has 0 saturated heterocycles. The third kappa shape index (κ3) is 5.95. The number of nitrogens with zero attached hydrogens (tertiary/aromatic N) is 2. The number of hydrogen-bond donors (Lipinski definition) is 2. The molecule has 0 aliphatic heterocycles. The van der Waals surface area contributed by atoms with E-state index in [1.165, 1.54) is 0 Å². The van der Waals surface area contributed by atoms with Crippen LogP contribution in [-0.2, 0) is 24.3 Å². The van der Waals surface area contributed by atoms with Crippen molar-refractivity contribution < 1.29 is 14.0 Å². The van der Waals surface area contributed by atoms with E-state index in [2.05, 4.69) is 43.7 Å². The Labute approximate surface area is 193 Å². The Kier molecular flexibility index (Phi) is 6.81. The minimum atomic E-state index is -0.337. The van der Waals surface area contributed by atoms with Crippen LogP contribution in [0.5, 0.6) is 0 Å². The molecular formula is C24H21BrN4O3. The summed E-state index contributed by atoms with van der Waals surface area (Å²) >= 11 is 3.17. The van der Waals surface area contributed by atoms with Crippen molar-refractivity contribution >= 4 is 33.4 Å². The second-order valence-electron chi connectivity index (χ2n) is 7.26. The molecule has 0 saturated carbocycles. The molecule has 2 aromatic carbocycles. The minimum Gasteiger partial charge on any atom is -0.444 e. The van der Waals surface area contributed by atoms with Crippen LogP contribution in [0.2, 0.25) is 0 Å². The predicted octanol–water partition coefficient (Wildman–Crippen LogP) is 4.40. The lowest BCUT2D eigenvalue weighted by Gasteiger charge is -2.09. The number of hydrogen-bond acceptors (Lipinski definition) is 4. The summed E-state index contributed by atoms with van der Waals surface area (Å²) in [6.07, 6.45) is 5.71. The third-order valence-electron chi connectivity index (χ3n) is 4.78. The standard InChI is InChI=1S/C24H21BrN4O3/c25-22-9-8-21(32-22)24(31)28-20-6-4-17(5-7-20)13-23(30)27-14-18-2-1-3-19(12-18)15-29-11-10-26-16-29/h1-12,16H,13-15H2,(H,27,30)(H,28,31). The highest BCUT2D eigenvalue weighted by Gasteiger charge is 2.11. The Morgan fingerprint density at radius 1 is 1.00 bits per heavy atom. The molecule has 0 unspecified atom stereocenters. The van der Waals surface area contributed by atoms with Crippen LogP contribution in [0.25, 0.3) is 0 Å². The molecule has 8 heteroatoms. The highest BCUT2D eigenvalue weighted by atomic mass is 79.9. The first-order chi connectivity index (χ1) is 15.5. The first-order valence-corrected chi connectivity index (χ1v) is 10.8. The van der Waals surface area contributed by atoms with Gasteiger partial charge in [-0.25, -0.2) is 4.98 Å². The molecular weight excluding hydrogens is 472 g/mol. The van der Waals surface area contributed by atoms with E-state index in [1.54, 1.807) is 36.8 Å². The topological polar surface area (TPSA) is 89.2 Å². The third-order valence-corrected chi connectivity index (χ3v) is 5.21. The van der Waals surface area contributed by atoms with Gasteiger partial charge in [0, 0.05) is 31.2 Å². The summed E-state index contributed by atoms with van der Waals surface area (Å²) in [4.78, 5) is 28.5. The van der Waals surface area contributed by atoms with Crippen LogP contribution < -0.4 is 10.6 Å². The summed E-state index contributed by atoms with van der Waals surface area (Å²) in [7, 11) is 0. The van der Waals surface area contributed by atoms with E-state index in [0.717, 1.165) is 23.2 Å². The maximum atomic E-state index is 12.4. The van der Waals surface area contributed by atoms with Gasteiger partial charge in [0.15, 0.2) is 10.4 Å². The highest BCUT2D eigenvalue weighted by molar-refractivity contribution is 9.10. The molecule has 2 N–H and O–H groups in total. The van der Waals surface area contributed by atoms with Crippen LogP contribution in [0.15, 0.2) is 88.5 Å². The fourth-order valence-corrected chi connectivity index (χ4v) is 3.52. The zero-order valence-corrected chi connectivity index (χ0v) is 18.7. The van der Waals surface area contributed by atoms with Gasteiger partial charge in [0.2, 0.25) is 5.91 Å². The van der Waals surface area contributed by atoms with E-state index >= 15 is 0 Å². The van der Waals surface area contributed by atoms with Gasteiger partial charge in [-0.05, 0) is 56.9 Å². The van der Waals surface area contributed by atoms with Crippen LogP contribution >= 0.6 is 15.9 Å². The molecule has 4 rings (SSSR count). The molecule has 0 aliphatic carbocycles. The number of halogens is 1. The number of nitrogens with one attached hydrogen (secondary N) is 2. The number of carbonyl (C=O) groups excluding carboxylic acids is 2. The maximum absolute atomic E-state index is 12.4. The summed E-state index contributed by atoms with van der Waals surface area (Å²) in [5, 5.41) is 5.72. The van der Waals surface area contributed by atoms with Crippen molar-refractivity contribution in [3.05, 3.63) is 107 Å². The van der Waals surface area contributed by atoms with Gasteiger partial charge in [0.05, 0.1) is 12.7 Å². The van der Waals surface area contributed by atoms with Crippen molar-refractivity contribution in [2.24, 2.45) is 0 Å². The summed E-state index contributed by atoms with van der Waals surface area (Å²) in [6, 6.07) is 18.5. The van der Waals surface area contributed by atoms with Crippen molar-refractivity contribution in [2.45, 2.75) is 19.5 Å². The van der Waals surface area contributed by atoms with Crippen LogP contribution in [0.1, 0.15) is 27.2 Å². The number of aromatic nitrogens is 2. The zero-order chi connectivity index (χ0) is 22.3. The number of benzene rings is 2. The lowest BCUT2D eigenvalue weighted by molar-refractivity contribution is -0.120. The number of imidazole rings is 1. The molecule has 0 fully saturated rings. The van der Waals surface area contributed by atoms with Crippen LogP contribution in [-0.4, -0.2) is 21.4 Å². The van der Waals surface area contributed by atoms with E-state index in [0.29, 0.717) is 16.9 Å². The largest absolute Gasteiger partial charge is 0.444 e. The fourth-order valence-electron chi connectivity index (χ4n) is 3.21. The van der Waals surface area contributed by atoms with E-state index < -0.39 is 0 Å². The Morgan fingerprint density at radius 2 is 1.81 bits per heavy atom. The molecule has 7 nitrogen and oxygen atoms in total. The van der Waals surface area contributed by atoms with Crippen LogP contribution in [0.4, 0.5) is 5.69 Å². The second-order valence-corrected chi connectivity index (χ2v) is 8.04. The van der Waals surface area contributed by atoms with Gasteiger partial charge in [-0.15, -0.1) is 0 Å². The minimum absolute atomic E-state index is 0.0674. The molecule has 0 radical (unpaired) electrons. The Balaban J connectivity index is 1.26. The summed E-state index contributed by atoms with van der Waals surface area (Å²) in [6.45, 7) is 1.20. The molecule has 2 heterocycles. The van der Waals surface area contributed by atoms with Gasteiger partial charge in [-0.3, -0.25) is 9.59 Å². The Morgan fingerprint density at radius 3 is 2.53 bits per heavy atom. The summed E-state index contributed by atoms with van der Waals surface area (Å²) in [5.41, 5.74) is 3.67. The lowest BCUT2D eigenvalue weighted by Crippen LogP contribution is -2.24. The van der Waals surface area contributed by atoms with Crippen LogP contribution in [0.3, 0.4) is 0 Å². The van der Waals surface area contributed by atoms with Crippen molar-refractivity contribution in [1.29, 1.82) is 0 Å². The smallest absolute Gasteiger partial charge is 0.291 e. The van der Waals surface area contributed by atoms with Crippen LogP contribution in [0, 0.1) is 0 Å². The number of furan rings is 1. The monoisotopic (exact) mass is 492 g/mol. The van der Waals surface area contributed by atoms with Gasteiger partial charge < -0.3 is 19.6 Å². The molecule has 0 bridgehead atoms. The average molecular weight is 493 g/mol. The SMILES string of the molecule is O=C(Cc1ccc(NC(=O)c2ccc(Br)o2)cc1)NCc1cccc(Cn2ccnc2)c1. The number of rotatable bonds is 8. The molecule has 0 spiro atoms. The summed E-state index contributed by atoms with van der Waals surface area (Å²) < 4.78 is 7.73. The normalized spacial score (nSPS) is 10.7. The van der Waals surface area contributed by atoms with Gasteiger partial charge in [0.25, 0.3) is 5.91 Å². The molecule has 2 aromatic heterocycles. The van der Waals surface area contributed by atoms with Crippen molar-refractivity contribution in [3.63, 3.8) is 0 Å². The number of carbonyl (C=O) groups is 2.